The first-order valence-electron chi connectivity index (χ1n) is 8.15. The maximum atomic E-state index is 12.9. The smallest absolute Gasteiger partial charge is 0.262 e. The standard InChI is InChI=1S/C15H25N3O4S/c1-3-21-11-15-6-4-8-22-13(15)5-7-18(10-15)23(19,20)14-9-17(2)12-16-14/h9,12-13H,3-8,10-11H2,1-2H3/t13-,15+/m0/s1. The Morgan fingerprint density at radius 3 is 3.04 bits per heavy atom. The molecule has 0 radical (unpaired) electrons. The lowest BCUT2D eigenvalue weighted by atomic mass is 9.73. The fourth-order valence-corrected chi connectivity index (χ4v) is 5.14. The SMILES string of the molecule is CCOC[C@]12CCCO[C@H]1CCN(S(=O)(=O)c1cn(C)cn1)C2. The molecule has 130 valence electrons. The van der Waals surface area contributed by atoms with Crippen molar-refractivity contribution in [1.82, 2.24) is 13.9 Å². The third kappa shape index (κ3) is 3.17. The fraction of sp³-hybridized carbons (Fsp3) is 0.800. The van der Waals surface area contributed by atoms with E-state index in [1.807, 2.05) is 6.92 Å². The average Bonchev–Trinajstić information content (AvgIpc) is 2.99. The van der Waals surface area contributed by atoms with Crippen LogP contribution in [0.25, 0.3) is 0 Å². The zero-order valence-corrected chi connectivity index (χ0v) is 14.6. The molecule has 0 aliphatic carbocycles. The van der Waals surface area contributed by atoms with Crippen LogP contribution in [0.1, 0.15) is 26.2 Å². The molecule has 7 nitrogen and oxygen atoms in total. The summed E-state index contributed by atoms with van der Waals surface area (Å²) in [5.74, 6) is 0. The molecular formula is C15H25N3O4S. The summed E-state index contributed by atoms with van der Waals surface area (Å²) in [4.78, 5) is 4.02. The first-order valence-corrected chi connectivity index (χ1v) is 9.59. The van der Waals surface area contributed by atoms with E-state index >= 15 is 0 Å². The van der Waals surface area contributed by atoms with Crippen molar-refractivity contribution in [3.05, 3.63) is 12.5 Å². The highest BCUT2D eigenvalue weighted by molar-refractivity contribution is 7.89. The normalized spacial score (nSPS) is 29.4. The Balaban J connectivity index is 1.85. The Morgan fingerprint density at radius 2 is 2.35 bits per heavy atom. The summed E-state index contributed by atoms with van der Waals surface area (Å²) in [5, 5.41) is 0.113. The Morgan fingerprint density at radius 1 is 1.52 bits per heavy atom. The van der Waals surface area contributed by atoms with E-state index in [9.17, 15) is 8.42 Å². The van der Waals surface area contributed by atoms with Crippen LogP contribution >= 0.6 is 0 Å². The van der Waals surface area contributed by atoms with Crippen molar-refractivity contribution in [2.45, 2.75) is 37.3 Å². The van der Waals surface area contributed by atoms with Crippen LogP contribution in [-0.4, -0.2) is 61.3 Å². The number of piperidine rings is 1. The molecule has 0 bridgehead atoms. The van der Waals surface area contributed by atoms with Crippen LogP contribution < -0.4 is 0 Å². The molecule has 0 unspecified atom stereocenters. The molecule has 0 N–H and O–H groups in total. The number of hydrogen-bond acceptors (Lipinski definition) is 5. The molecule has 0 aromatic carbocycles. The van der Waals surface area contributed by atoms with E-state index < -0.39 is 10.0 Å². The average molecular weight is 343 g/mol. The summed E-state index contributed by atoms with van der Waals surface area (Å²) in [6, 6.07) is 0. The lowest BCUT2D eigenvalue weighted by Gasteiger charge is -2.49. The molecular weight excluding hydrogens is 318 g/mol. The maximum absolute atomic E-state index is 12.9. The number of nitrogens with zero attached hydrogens (tertiary/aromatic N) is 3. The first kappa shape index (κ1) is 16.9. The molecule has 3 heterocycles. The molecule has 0 amide bonds. The monoisotopic (exact) mass is 343 g/mol. The van der Waals surface area contributed by atoms with Gasteiger partial charge in [0.2, 0.25) is 0 Å². The summed E-state index contributed by atoms with van der Waals surface area (Å²) >= 11 is 0. The second-order valence-electron chi connectivity index (χ2n) is 6.47. The number of rotatable bonds is 5. The number of aromatic nitrogens is 2. The van der Waals surface area contributed by atoms with Crippen molar-refractivity contribution in [2.24, 2.45) is 12.5 Å². The quantitative estimate of drug-likeness (QED) is 0.798. The number of aryl methyl sites for hydroxylation is 1. The molecule has 2 atom stereocenters. The van der Waals surface area contributed by atoms with Crippen molar-refractivity contribution in [2.75, 3.05) is 32.9 Å². The number of ether oxygens (including phenoxy) is 2. The molecule has 1 aromatic heterocycles. The van der Waals surface area contributed by atoms with Gasteiger partial charge in [0.25, 0.3) is 10.0 Å². The summed E-state index contributed by atoms with van der Waals surface area (Å²) in [6.07, 6.45) is 5.73. The molecule has 2 aliphatic rings. The van der Waals surface area contributed by atoms with Crippen LogP contribution in [-0.2, 0) is 26.5 Å². The van der Waals surface area contributed by atoms with Gasteiger partial charge in [0.05, 0.1) is 19.0 Å². The zero-order chi connectivity index (χ0) is 16.5. The zero-order valence-electron chi connectivity index (χ0n) is 13.8. The highest BCUT2D eigenvalue weighted by Gasteiger charge is 2.49. The van der Waals surface area contributed by atoms with E-state index in [2.05, 4.69) is 4.98 Å². The number of imidazole rings is 1. The predicted molar refractivity (Wildman–Crippen MR) is 84.5 cm³/mol. The summed E-state index contributed by atoms with van der Waals surface area (Å²) in [5.41, 5.74) is -0.242. The van der Waals surface area contributed by atoms with Gasteiger partial charge in [0.1, 0.15) is 0 Å². The first-order chi connectivity index (χ1) is 11.0. The maximum Gasteiger partial charge on any atom is 0.262 e. The highest BCUT2D eigenvalue weighted by atomic mass is 32.2. The summed E-state index contributed by atoms with van der Waals surface area (Å²) < 4.78 is 40.5. The van der Waals surface area contributed by atoms with Gasteiger partial charge in [-0.1, -0.05) is 0 Å². The number of hydrogen-bond donors (Lipinski definition) is 0. The molecule has 3 rings (SSSR count). The number of fused-ring (bicyclic) bond motifs is 1. The largest absolute Gasteiger partial charge is 0.381 e. The van der Waals surface area contributed by atoms with E-state index in [-0.39, 0.29) is 16.5 Å². The van der Waals surface area contributed by atoms with E-state index in [0.717, 1.165) is 19.4 Å². The number of sulfonamides is 1. The van der Waals surface area contributed by atoms with Crippen molar-refractivity contribution < 1.29 is 17.9 Å². The second kappa shape index (κ2) is 6.51. The van der Waals surface area contributed by atoms with Crippen LogP contribution in [0.5, 0.6) is 0 Å². The van der Waals surface area contributed by atoms with Gasteiger partial charge in [0.15, 0.2) is 5.03 Å². The lowest BCUT2D eigenvalue weighted by molar-refractivity contribution is -0.141. The third-order valence-corrected chi connectivity index (χ3v) is 6.56. The summed E-state index contributed by atoms with van der Waals surface area (Å²) in [7, 11) is -1.80. The highest BCUT2D eigenvalue weighted by Crippen LogP contribution is 2.41. The topological polar surface area (TPSA) is 73.7 Å². The molecule has 8 heteroatoms. The van der Waals surface area contributed by atoms with Gasteiger partial charge in [0, 0.05) is 45.0 Å². The van der Waals surface area contributed by atoms with Gasteiger partial charge >= 0.3 is 0 Å². The summed E-state index contributed by atoms with van der Waals surface area (Å²) in [6.45, 7) is 4.80. The van der Waals surface area contributed by atoms with E-state index in [1.165, 1.54) is 6.33 Å². The van der Waals surface area contributed by atoms with Gasteiger partial charge in [-0.2, -0.15) is 4.31 Å². The molecule has 2 fully saturated rings. The predicted octanol–water partition coefficient (Wildman–Crippen LogP) is 1.02. The minimum atomic E-state index is -3.56. The van der Waals surface area contributed by atoms with Gasteiger partial charge in [-0.05, 0) is 26.2 Å². The molecule has 2 saturated heterocycles. The van der Waals surface area contributed by atoms with Crippen molar-refractivity contribution >= 4 is 10.0 Å². The van der Waals surface area contributed by atoms with E-state index in [1.54, 1.807) is 22.1 Å². The molecule has 1 aromatic rings. The Hall–Kier alpha value is -0.960. The second-order valence-corrected chi connectivity index (χ2v) is 8.35. The molecule has 0 saturated carbocycles. The van der Waals surface area contributed by atoms with E-state index in [0.29, 0.717) is 32.7 Å². The van der Waals surface area contributed by atoms with Crippen molar-refractivity contribution in [3.8, 4) is 0 Å². The molecule has 2 aliphatic heterocycles. The Kier molecular flexibility index (Phi) is 4.78. The molecule has 0 spiro atoms. The van der Waals surface area contributed by atoms with Crippen LogP contribution in [0.2, 0.25) is 0 Å². The van der Waals surface area contributed by atoms with Crippen LogP contribution in [0.3, 0.4) is 0 Å². The fourth-order valence-electron chi connectivity index (χ4n) is 3.63. The van der Waals surface area contributed by atoms with Gasteiger partial charge < -0.3 is 14.0 Å². The van der Waals surface area contributed by atoms with Crippen LogP contribution in [0.15, 0.2) is 17.6 Å². The van der Waals surface area contributed by atoms with Crippen LogP contribution in [0.4, 0.5) is 0 Å². The van der Waals surface area contributed by atoms with Gasteiger partial charge in [-0.25, -0.2) is 13.4 Å². The molecule has 23 heavy (non-hydrogen) atoms. The lowest BCUT2D eigenvalue weighted by Crippen LogP contribution is -2.58. The Bertz CT molecular complexity index is 645. The van der Waals surface area contributed by atoms with Crippen molar-refractivity contribution in [1.29, 1.82) is 0 Å². The minimum Gasteiger partial charge on any atom is -0.381 e. The van der Waals surface area contributed by atoms with Crippen LogP contribution in [0, 0.1) is 5.41 Å². The van der Waals surface area contributed by atoms with E-state index in [4.69, 9.17) is 9.47 Å². The Labute approximate surface area is 137 Å². The van der Waals surface area contributed by atoms with Crippen molar-refractivity contribution in [3.63, 3.8) is 0 Å². The minimum absolute atomic E-state index is 0.0815. The van der Waals surface area contributed by atoms with Gasteiger partial charge in [-0.15, -0.1) is 0 Å². The third-order valence-electron chi connectivity index (χ3n) is 4.83. The van der Waals surface area contributed by atoms with Gasteiger partial charge in [-0.3, -0.25) is 0 Å².